The molecule has 5 heteroatoms. The molecule has 100 valence electrons. The Kier molecular flexibility index (Phi) is 4.38. The molecule has 0 aromatic heterocycles. The van der Waals surface area contributed by atoms with Crippen molar-refractivity contribution in [3.8, 4) is 0 Å². The molecule has 2 atom stereocenters. The Morgan fingerprint density at radius 3 is 2.65 bits per heavy atom. The first-order valence-electron chi connectivity index (χ1n) is 5.99. The van der Waals surface area contributed by atoms with Crippen molar-refractivity contribution < 1.29 is 14.3 Å². The number of hydrogen-bond donors (Lipinski definition) is 2. The van der Waals surface area contributed by atoms with E-state index in [1.54, 1.807) is 7.11 Å². The van der Waals surface area contributed by atoms with E-state index in [1.165, 1.54) is 0 Å². The van der Waals surface area contributed by atoms with Crippen molar-refractivity contribution in [1.82, 2.24) is 10.6 Å². The van der Waals surface area contributed by atoms with Gasteiger partial charge in [0.1, 0.15) is 5.60 Å². The molecule has 0 aliphatic carbocycles. The van der Waals surface area contributed by atoms with Crippen LogP contribution in [0.15, 0.2) is 0 Å². The molecule has 0 unspecified atom stereocenters. The highest BCUT2D eigenvalue weighted by molar-refractivity contribution is 5.67. The molecule has 17 heavy (non-hydrogen) atoms. The molecular weight excluding hydrogens is 220 g/mol. The maximum absolute atomic E-state index is 11.5. The number of carbonyl (C=O) groups is 1. The van der Waals surface area contributed by atoms with Gasteiger partial charge < -0.3 is 20.1 Å². The normalized spacial score (nSPS) is 29.1. The minimum atomic E-state index is -0.455. The highest BCUT2D eigenvalue weighted by atomic mass is 16.6. The summed E-state index contributed by atoms with van der Waals surface area (Å²) in [5, 5.41) is 6.14. The Morgan fingerprint density at radius 2 is 2.18 bits per heavy atom. The average molecular weight is 244 g/mol. The zero-order valence-corrected chi connectivity index (χ0v) is 11.4. The molecule has 1 fully saturated rings. The van der Waals surface area contributed by atoms with Gasteiger partial charge >= 0.3 is 6.09 Å². The third-order valence-corrected chi connectivity index (χ3v) is 2.79. The predicted octanol–water partition coefficient (Wildman–Crippen LogP) is 1.28. The van der Waals surface area contributed by atoms with Gasteiger partial charge in [0.25, 0.3) is 0 Å². The molecule has 0 spiro atoms. The molecule has 1 amide bonds. The highest BCUT2D eigenvalue weighted by Gasteiger charge is 2.35. The van der Waals surface area contributed by atoms with Crippen molar-refractivity contribution in [3.63, 3.8) is 0 Å². The first-order valence-corrected chi connectivity index (χ1v) is 5.99. The first kappa shape index (κ1) is 14.3. The zero-order chi connectivity index (χ0) is 13.1. The molecule has 1 aliphatic rings. The van der Waals surface area contributed by atoms with Crippen LogP contribution >= 0.6 is 0 Å². The van der Waals surface area contributed by atoms with E-state index in [0.717, 1.165) is 13.0 Å². The third-order valence-electron chi connectivity index (χ3n) is 2.79. The van der Waals surface area contributed by atoms with Crippen molar-refractivity contribution in [1.29, 1.82) is 0 Å². The molecular formula is C12H24N2O3. The lowest BCUT2D eigenvalue weighted by molar-refractivity contribution is 0.0510. The predicted molar refractivity (Wildman–Crippen MR) is 66.1 cm³/mol. The SMILES string of the molecule is CO[C@@H]1CN[C@](C)(CNC(=O)OC(C)(C)C)C1. The summed E-state index contributed by atoms with van der Waals surface area (Å²) in [5.74, 6) is 0. The van der Waals surface area contributed by atoms with Gasteiger partial charge in [0.15, 0.2) is 0 Å². The maximum atomic E-state index is 11.5. The largest absolute Gasteiger partial charge is 0.444 e. The Bertz CT molecular complexity index is 275. The van der Waals surface area contributed by atoms with E-state index in [2.05, 4.69) is 17.6 Å². The van der Waals surface area contributed by atoms with E-state index in [0.29, 0.717) is 6.54 Å². The van der Waals surface area contributed by atoms with E-state index >= 15 is 0 Å². The molecule has 0 aromatic rings. The van der Waals surface area contributed by atoms with Crippen LogP contribution in [0.1, 0.15) is 34.1 Å². The lowest BCUT2D eigenvalue weighted by Gasteiger charge is -2.26. The molecule has 1 saturated heterocycles. The Balaban J connectivity index is 2.33. The quantitative estimate of drug-likeness (QED) is 0.785. The van der Waals surface area contributed by atoms with Crippen molar-refractivity contribution >= 4 is 6.09 Å². The molecule has 1 aliphatic heterocycles. The van der Waals surface area contributed by atoms with Gasteiger partial charge in [0, 0.05) is 25.7 Å². The summed E-state index contributed by atoms with van der Waals surface area (Å²) in [7, 11) is 1.71. The maximum Gasteiger partial charge on any atom is 0.407 e. The second-order valence-corrected chi connectivity index (χ2v) is 5.86. The van der Waals surface area contributed by atoms with Crippen LogP contribution in [-0.2, 0) is 9.47 Å². The summed E-state index contributed by atoms with van der Waals surface area (Å²) in [6.07, 6.45) is 0.737. The summed E-state index contributed by atoms with van der Waals surface area (Å²) >= 11 is 0. The molecule has 5 nitrogen and oxygen atoms in total. The smallest absolute Gasteiger partial charge is 0.407 e. The average Bonchev–Trinajstić information content (AvgIpc) is 2.56. The minimum absolute atomic E-state index is 0.114. The van der Waals surface area contributed by atoms with Crippen LogP contribution in [-0.4, -0.2) is 43.5 Å². The summed E-state index contributed by atoms with van der Waals surface area (Å²) in [4.78, 5) is 11.5. The summed E-state index contributed by atoms with van der Waals surface area (Å²) in [6.45, 7) is 8.99. The number of methoxy groups -OCH3 is 1. The zero-order valence-electron chi connectivity index (χ0n) is 11.4. The van der Waals surface area contributed by atoms with Crippen molar-refractivity contribution in [2.75, 3.05) is 20.2 Å². The number of ether oxygens (including phenoxy) is 2. The fraction of sp³-hybridized carbons (Fsp3) is 0.917. The minimum Gasteiger partial charge on any atom is -0.444 e. The molecule has 0 radical (unpaired) electrons. The van der Waals surface area contributed by atoms with E-state index in [-0.39, 0.29) is 17.7 Å². The van der Waals surface area contributed by atoms with Gasteiger partial charge in [-0.1, -0.05) is 0 Å². The summed E-state index contributed by atoms with van der Waals surface area (Å²) in [5.41, 5.74) is -0.569. The Labute approximate surface area is 103 Å². The number of nitrogens with one attached hydrogen (secondary N) is 2. The van der Waals surface area contributed by atoms with E-state index < -0.39 is 5.60 Å². The van der Waals surface area contributed by atoms with Gasteiger partial charge in [-0.05, 0) is 34.1 Å². The topological polar surface area (TPSA) is 59.6 Å². The van der Waals surface area contributed by atoms with Crippen LogP contribution in [0.5, 0.6) is 0 Å². The fourth-order valence-corrected chi connectivity index (χ4v) is 1.89. The van der Waals surface area contributed by atoms with Crippen LogP contribution in [0.2, 0.25) is 0 Å². The molecule has 1 rings (SSSR count). The van der Waals surface area contributed by atoms with Crippen LogP contribution in [0.25, 0.3) is 0 Å². The molecule has 0 aromatic carbocycles. The number of rotatable bonds is 3. The number of hydrogen-bond acceptors (Lipinski definition) is 4. The highest BCUT2D eigenvalue weighted by Crippen LogP contribution is 2.20. The lowest BCUT2D eigenvalue weighted by Crippen LogP contribution is -2.48. The van der Waals surface area contributed by atoms with Gasteiger partial charge in [-0.15, -0.1) is 0 Å². The third kappa shape index (κ3) is 4.91. The lowest BCUT2D eigenvalue weighted by atomic mass is 9.99. The Hall–Kier alpha value is -0.810. The van der Waals surface area contributed by atoms with Crippen molar-refractivity contribution in [2.45, 2.75) is 51.4 Å². The second-order valence-electron chi connectivity index (χ2n) is 5.86. The number of amides is 1. The van der Waals surface area contributed by atoms with Crippen LogP contribution in [0, 0.1) is 0 Å². The van der Waals surface area contributed by atoms with E-state index in [1.807, 2.05) is 20.8 Å². The standard InChI is InChI=1S/C12H24N2O3/c1-11(2,3)17-10(15)13-8-12(4)6-9(16-5)7-14-12/h9,14H,6-8H2,1-5H3,(H,13,15)/t9-,12-/m0/s1. The summed E-state index contributed by atoms with van der Waals surface area (Å²) < 4.78 is 10.5. The monoisotopic (exact) mass is 244 g/mol. The van der Waals surface area contributed by atoms with E-state index in [4.69, 9.17) is 9.47 Å². The van der Waals surface area contributed by atoms with E-state index in [9.17, 15) is 4.79 Å². The van der Waals surface area contributed by atoms with Gasteiger partial charge in [-0.3, -0.25) is 0 Å². The molecule has 0 bridgehead atoms. The Morgan fingerprint density at radius 1 is 1.53 bits per heavy atom. The number of carbonyl (C=O) groups excluding carboxylic acids is 1. The molecule has 0 saturated carbocycles. The number of alkyl carbamates (subject to hydrolysis) is 1. The van der Waals surface area contributed by atoms with Crippen LogP contribution in [0.3, 0.4) is 0 Å². The second kappa shape index (κ2) is 5.23. The van der Waals surface area contributed by atoms with Crippen LogP contribution < -0.4 is 10.6 Å². The fourth-order valence-electron chi connectivity index (χ4n) is 1.89. The van der Waals surface area contributed by atoms with Gasteiger partial charge in [-0.2, -0.15) is 0 Å². The molecule has 2 N–H and O–H groups in total. The van der Waals surface area contributed by atoms with Gasteiger partial charge in [0.05, 0.1) is 6.10 Å². The summed E-state index contributed by atoms with van der Waals surface area (Å²) in [6, 6.07) is 0. The first-order chi connectivity index (χ1) is 7.74. The molecule has 1 heterocycles. The van der Waals surface area contributed by atoms with Crippen LogP contribution in [0.4, 0.5) is 4.79 Å². The van der Waals surface area contributed by atoms with Crippen molar-refractivity contribution in [3.05, 3.63) is 0 Å². The van der Waals surface area contributed by atoms with Gasteiger partial charge in [-0.25, -0.2) is 4.79 Å². The van der Waals surface area contributed by atoms with Crippen molar-refractivity contribution in [2.24, 2.45) is 0 Å². The van der Waals surface area contributed by atoms with Gasteiger partial charge in [0.2, 0.25) is 0 Å².